The number of rotatable bonds is 4. The molecule has 0 aliphatic carbocycles. The first-order valence-electron chi connectivity index (χ1n) is 4.00. The van der Waals surface area contributed by atoms with Gasteiger partial charge in [0.25, 0.3) is 0 Å². The Bertz CT molecular complexity index is 154. The van der Waals surface area contributed by atoms with Crippen LogP contribution in [0.2, 0.25) is 3.36 Å². The molecular weight excluding hydrogens is 266 g/mol. The van der Waals surface area contributed by atoms with Crippen LogP contribution in [0, 0.1) is 5.92 Å². The van der Waals surface area contributed by atoms with Gasteiger partial charge in [0.05, 0.1) is 0 Å². The van der Waals surface area contributed by atoms with Crippen molar-refractivity contribution in [2.24, 2.45) is 5.92 Å². The summed E-state index contributed by atoms with van der Waals surface area (Å²) in [4.78, 5) is 11.4. The fraction of sp³-hybridized carbons (Fsp3) is 0.875. The van der Waals surface area contributed by atoms with Crippen LogP contribution in [0.5, 0.6) is 0 Å². The van der Waals surface area contributed by atoms with Crippen LogP contribution < -0.4 is 0 Å². The zero-order valence-electron chi connectivity index (χ0n) is 7.83. The van der Waals surface area contributed by atoms with Crippen molar-refractivity contribution in [3.63, 3.8) is 0 Å². The van der Waals surface area contributed by atoms with E-state index in [4.69, 9.17) is 9.84 Å². The van der Waals surface area contributed by atoms with Gasteiger partial charge in [-0.25, -0.2) is 0 Å². The van der Waals surface area contributed by atoms with E-state index < -0.39 is 0 Å². The number of esters is 1. The van der Waals surface area contributed by atoms with Crippen molar-refractivity contribution >= 4 is 29.0 Å². The Morgan fingerprint density at radius 2 is 2.17 bits per heavy atom. The first-order valence-corrected chi connectivity index (χ1v) is 5.64. The quantitative estimate of drug-likeness (QED) is 0.583. The zero-order chi connectivity index (χ0) is 9.78. The van der Waals surface area contributed by atoms with Crippen LogP contribution in [-0.2, 0) is 9.53 Å². The van der Waals surface area contributed by atoms with Crippen molar-refractivity contribution in [2.45, 2.75) is 24.1 Å². The Labute approximate surface area is 87.0 Å². The van der Waals surface area contributed by atoms with Gasteiger partial charge in [-0.15, -0.1) is 0 Å². The summed E-state index contributed by atoms with van der Waals surface area (Å²) < 4.78 is 4.53. The molecule has 3 nitrogen and oxygen atoms in total. The molecule has 0 aromatic carbocycles. The summed E-state index contributed by atoms with van der Waals surface area (Å²) in [5, 5.41) is 8.45. The first-order chi connectivity index (χ1) is 5.42. The molecule has 0 fully saturated rings. The number of ether oxygens (including phenoxy) is 1. The maximum absolute atomic E-state index is 11.4. The van der Waals surface area contributed by atoms with Gasteiger partial charge >= 0.3 is 86.9 Å². The van der Waals surface area contributed by atoms with E-state index in [1.807, 2.05) is 20.8 Å². The molecule has 12 heavy (non-hydrogen) atoms. The molecule has 0 saturated heterocycles. The van der Waals surface area contributed by atoms with Crippen LogP contribution in [0.4, 0.5) is 0 Å². The van der Waals surface area contributed by atoms with E-state index in [-0.39, 0.29) is 22.5 Å². The molecule has 0 aliphatic rings. The van der Waals surface area contributed by atoms with Gasteiger partial charge in [0.15, 0.2) is 0 Å². The molecule has 0 rings (SSSR count). The molecule has 72 valence electrons. The second-order valence-corrected chi connectivity index (χ2v) is 6.72. The third-order valence-corrected chi connectivity index (χ3v) is 4.54. The summed E-state index contributed by atoms with van der Waals surface area (Å²) in [6.45, 7) is 5.93. The molecule has 0 amide bonds. The molecule has 0 radical (unpaired) electrons. The van der Waals surface area contributed by atoms with E-state index in [1.165, 1.54) is 0 Å². The van der Waals surface area contributed by atoms with Crippen molar-refractivity contribution in [1.82, 2.24) is 0 Å². The van der Waals surface area contributed by atoms with Crippen LogP contribution >= 0.6 is 0 Å². The Balaban J connectivity index is 4.07. The van der Waals surface area contributed by atoms with E-state index in [2.05, 4.69) is 0 Å². The summed E-state index contributed by atoms with van der Waals surface area (Å²) in [7, 11) is 0. The summed E-state index contributed by atoms with van der Waals surface area (Å²) >= 11 is 0.845. The molecule has 0 saturated carbocycles. The van der Waals surface area contributed by atoms with Gasteiger partial charge in [-0.05, 0) is 0 Å². The number of hydrogen-bond donors (Lipinski definition) is 1. The van der Waals surface area contributed by atoms with E-state index >= 15 is 0 Å². The Morgan fingerprint density at radius 1 is 1.67 bits per heavy atom. The minimum absolute atomic E-state index is 0.0968. The maximum atomic E-state index is 11.4. The van der Waals surface area contributed by atoms with Crippen molar-refractivity contribution in [3.05, 3.63) is 0 Å². The van der Waals surface area contributed by atoms with Crippen LogP contribution in [-0.4, -0.2) is 47.3 Å². The molecule has 1 atom stereocenters. The minimum atomic E-state index is -0.333. The molecule has 4 heteroatoms. The molecule has 0 aromatic rings. The van der Waals surface area contributed by atoms with Gasteiger partial charge in [-0.1, -0.05) is 0 Å². The predicted octanol–water partition coefficient (Wildman–Crippen LogP) is -0.0104. The molecule has 0 aliphatic heterocycles. The van der Waals surface area contributed by atoms with Gasteiger partial charge in [0, 0.05) is 0 Å². The number of aliphatic hydroxyl groups is 1. The van der Waals surface area contributed by atoms with Gasteiger partial charge in [-0.2, -0.15) is 0 Å². The predicted molar refractivity (Wildman–Crippen MR) is 49.8 cm³/mol. The van der Waals surface area contributed by atoms with Gasteiger partial charge in [0.2, 0.25) is 0 Å². The van der Waals surface area contributed by atoms with Crippen LogP contribution in [0.15, 0.2) is 0 Å². The second kappa shape index (κ2) is 5.08. The number of carbonyl (C=O) groups excluding carboxylic acids is 1. The van der Waals surface area contributed by atoms with E-state index in [1.54, 1.807) is 0 Å². The topological polar surface area (TPSA) is 46.5 Å². The number of aliphatic hydroxyl groups excluding tert-OH is 1. The van der Waals surface area contributed by atoms with Crippen molar-refractivity contribution in [2.75, 3.05) is 13.2 Å². The van der Waals surface area contributed by atoms with Crippen LogP contribution in [0.1, 0.15) is 20.8 Å². The third kappa shape index (κ3) is 3.32. The monoisotopic (exact) mass is 282 g/mol. The SMILES string of the molecule is CC(C)[C](C)([SbH2])C(=O)OCCO. The molecular formula is C8H17O3Sb. The molecule has 0 aromatic heterocycles. The molecule has 0 bridgehead atoms. The second-order valence-electron chi connectivity index (χ2n) is 3.30. The van der Waals surface area contributed by atoms with Gasteiger partial charge < -0.3 is 0 Å². The van der Waals surface area contributed by atoms with Crippen molar-refractivity contribution in [1.29, 1.82) is 0 Å². The van der Waals surface area contributed by atoms with E-state index in [0.717, 1.165) is 23.0 Å². The van der Waals surface area contributed by atoms with Crippen LogP contribution in [0.25, 0.3) is 0 Å². The number of hydrogen-bond acceptors (Lipinski definition) is 3. The normalized spacial score (nSPS) is 15.8. The average molecular weight is 283 g/mol. The fourth-order valence-corrected chi connectivity index (χ4v) is 0.767. The van der Waals surface area contributed by atoms with E-state index in [9.17, 15) is 4.79 Å². The Hall–Kier alpha value is 0.248. The molecule has 0 spiro atoms. The summed E-state index contributed by atoms with van der Waals surface area (Å²) in [5.74, 6) is 0.111. The van der Waals surface area contributed by atoms with E-state index in [0.29, 0.717) is 5.92 Å². The zero-order valence-corrected chi connectivity index (χ0v) is 11.1. The summed E-state index contributed by atoms with van der Waals surface area (Å²) in [5.41, 5.74) is 0. The molecule has 1 unspecified atom stereocenters. The summed E-state index contributed by atoms with van der Waals surface area (Å²) in [6.07, 6.45) is 0. The standard InChI is InChI=1S/C8H15O3.Sb.2H/c1-6(2)7(3)8(10)11-5-4-9;;;/h6,9H,4-5H2,1-3H3;;;. The fourth-order valence-electron chi connectivity index (χ4n) is 0.530. The number of carbonyl (C=O) groups is 1. The molecule has 0 heterocycles. The van der Waals surface area contributed by atoms with Crippen LogP contribution in [0.3, 0.4) is 0 Å². The Morgan fingerprint density at radius 3 is 2.50 bits per heavy atom. The molecule has 1 N–H and O–H groups in total. The van der Waals surface area contributed by atoms with Gasteiger partial charge in [0.1, 0.15) is 0 Å². The third-order valence-electron chi connectivity index (χ3n) is 1.96. The summed E-state index contributed by atoms with van der Waals surface area (Å²) in [6, 6.07) is 0. The first kappa shape index (κ1) is 12.2. The van der Waals surface area contributed by atoms with Gasteiger partial charge in [-0.3, -0.25) is 0 Å². The average Bonchev–Trinajstić information content (AvgIpc) is 1.99. The van der Waals surface area contributed by atoms with Crippen molar-refractivity contribution in [3.8, 4) is 0 Å². The van der Waals surface area contributed by atoms with Crippen molar-refractivity contribution < 1.29 is 14.6 Å². The Kier molecular flexibility index (Phi) is 5.19.